The number of hydrogen-bond acceptors (Lipinski definition) is 2. The second-order valence-electron chi connectivity index (χ2n) is 2.23. The van der Waals surface area contributed by atoms with E-state index in [4.69, 9.17) is 5.84 Å². The zero-order valence-corrected chi connectivity index (χ0v) is 4.72. The minimum atomic E-state index is 0.894. The van der Waals surface area contributed by atoms with E-state index in [0.717, 1.165) is 19.0 Å². The van der Waals surface area contributed by atoms with E-state index in [-0.39, 0.29) is 0 Å². The average Bonchev–Trinajstić information content (AvgIpc) is 1.58. The van der Waals surface area contributed by atoms with E-state index in [2.05, 4.69) is 6.92 Å². The van der Waals surface area contributed by atoms with Crippen LogP contribution in [0, 0.1) is 5.92 Å². The van der Waals surface area contributed by atoms with Gasteiger partial charge in [0, 0.05) is 13.1 Å². The maximum Gasteiger partial charge on any atom is 0.0169 e. The number of hydrazine groups is 1. The van der Waals surface area contributed by atoms with Crippen molar-refractivity contribution in [2.45, 2.75) is 13.3 Å². The van der Waals surface area contributed by atoms with Gasteiger partial charge < -0.3 is 0 Å². The highest BCUT2D eigenvalue weighted by Crippen LogP contribution is 2.13. The maximum atomic E-state index is 5.38. The van der Waals surface area contributed by atoms with Crippen LogP contribution in [0.4, 0.5) is 0 Å². The number of rotatable bonds is 1. The molecular formula is C5H12N2. The Kier molecular flexibility index (Phi) is 1.30. The third-order valence-electron chi connectivity index (χ3n) is 1.56. The van der Waals surface area contributed by atoms with Crippen LogP contribution in [0.2, 0.25) is 0 Å². The van der Waals surface area contributed by atoms with Crippen molar-refractivity contribution in [1.82, 2.24) is 5.01 Å². The smallest absolute Gasteiger partial charge is 0.0169 e. The van der Waals surface area contributed by atoms with Gasteiger partial charge >= 0.3 is 0 Å². The minimum absolute atomic E-state index is 0.894. The lowest BCUT2D eigenvalue weighted by atomic mass is 10.0. The third kappa shape index (κ3) is 0.924. The first-order chi connectivity index (χ1) is 3.33. The highest BCUT2D eigenvalue weighted by atomic mass is 15.4. The first-order valence-corrected chi connectivity index (χ1v) is 2.82. The van der Waals surface area contributed by atoms with Crippen LogP contribution in [0.25, 0.3) is 0 Å². The summed E-state index contributed by atoms with van der Waals surface area (Å²) in [6.45, 7) is 4.42. The monoisotopic (exact) mass is 100 g/mol. The van der Waals surface area contributed by atoms with Crippen molar-refractivity contribution >= 4 is 0 Å². The topological polar surface area (TPSA) is 29.3 Å². The Labute approximate surface area is 44.3 Å². The van der Waals surface area contributed by atoms with E-state index in [9.17, 15) is 0 Å². The van der Waals surface area contributed by atoms with E-state index in [0.29, 0.717) is 0 Å². The van der Waals surface area contributed by atoms with Crippen molar-refractivity contribution in [2.75, 3.05) is 13.1 Å². The van der Waals surface area contributed by atoms with Gasteiger partial charge in [0.05, 0.1) is 0 Å². The molecule has 1 saturated heterocycles. The zero-order valence-electron chi connectivity index (χ0n) is 4.72. The van der Waals surface area contributed by atoms with Crippen LogP contribution < -0.4 is 5.84 Å². The molecule has 1 heterocycles. The fourth-order valence-corrected chi connectivity index (χ4v) is 0.868. The fourth-order valence-electron chi connectivity index (χ4n) is 0.868. The SMILES string of the molecule is CCC1CN(N)C1. The Balaban J connectivity index is 2.06. The lowest BCUT2D eigenvalue weighted by Crippen LogP contribution is -2.50. The summed E-state index contributed by atoms with van der Waals surface area (Å²) in [5.74, 6) is 6.27. The number of nitrogens with two attached hydrogens (primary N) is 1. The summed E-state index contributed by atoms with van der Waals surface area (Å²) in [5, 5.41) is 1.86. The van der Waals surface area contributed by atoms with Gasteiger partial charge in [0.1, 0.15) is 0 Å². The molecule has 0 aromatic rings. The minimum Gasteiger partial charge on any atom is -0.269 e. The van der Waals surface area contributed by atoms with Crippen molar-refractivity contribution in [3.63, 3.8) is 0 Å². The lowest BCUT2D eigenvalue weighted by Gasteiger charge is -2.34. The molecule has 1 aliphatic heterocycles. The summed E-state index contributed by atoms with van der Waals surface area (Å²) in [6, 6.07) is 0. The normalized spacial score (nSPS) is 24.9. The molecule has 0 aromatic heterocycles. The summed E-state index contributed by atoms with van der Waals surface area (Å²) in [7, 11) is 0. The van der Waals surface area contributed by atoms with Gasteiger partial charge in [-0.25, -0.2) is 5.01 Å². The average molecular weight is 100 g/mol. The van der Waals surface area contributed by atoms with Crippen molar-refractivity contribution in [3.05, 3.63) is 0 Å². The molecule has 2 heteroatoms. The first kappa shape index (κ1) is 5.06. The molecule has 1 fully saturated rings. The second-order valence-corrected chi connectivity index (χ2v) is 2.23. The van der Waals surface area contributed by atoms with Gasteiger partial charge in [-0.3, -0.25) is 5.84 Å². The molecule has 0 bridgehead atoms. The predicted molar refractivity (Wildman–Crippen MR) is 29.5 cm³/mol. The summed E-state index contributed by atoms with van der Waals surface area (Å²) in [6.07, 6.45) is 1.29. The highest BCUT2D eigenvalue weighted by molar-refractivity contribution is 4.72. The Morgan fingerprint density at radius 3 is 2.43 bits per heavy atom. The Morgan fingerprint density at radius 1 is 1.71 bits per heavy atom. The van der Waals surface area contributed by atoms with E-state index in [1.165, 1.54) is 6.42 Å². The maximum absolute atomic E-state index is 5.38. The first-order valence-electron chi connectivity index (χ1n) is 2.82. The third-order valence-corrected chi connectivity index (χ3v) is 1.56. The zero-order chi connectivity index (χ0) is 5.28. The van der Waals surface area contributed by atoms with E-state index >= 15 is 0 Å². The van der Waals surface area contributed by atoms with E-state index < -0.39 is 0 Å². The molecule has 42 valence electrons. The molecule has 0 aromatic carbocycles. The predicted octanol–water partition coefficient (Wildman–Crippen LogP) is 0.202. The van der Waals surface area contributed by atoms with Crippen LogP contribution in [0.3, 0.4) is 0 Å². The summed E-state index contributed by atoms with van der Waals surface area (Å²) in [5.41, 5.74) is 0. The summed E-state index contributed by atoms with van der Waals surface area (Å²) >= 11 is 0. The Hall–Kier alpha value is -0.0800. The number of nitrogens with zero attached hydrogens (tertiary/aromatic N) is 1. The van der Waals surface area contributed by atoms with Gasteiger partial charge in [-0.1, -0.05) is 13.3 Å². The molecular weight excluding hydrogens is 88.1 g/mol. The number of hydrogen-bond donors (Lipinski definition) is 1. The Morgan fingerprint density at radius 2 is 2.29 bits per heavy atom. The lowest BCUT2D eigenvalue weighted by molar-refractivity contribution is 0.0991. The highest BCUT2D eigenvalue weighted by Gasteiger charge is 2.20. The molecule has 0 radical (unpaired) electrons. The van der Waals surface area contributed by atoms with E-state index in [1.807, 2.05) is 5.01 Å². The van der Waals surface area contributed by atoms with Crippen molar-refractivity contribution < 1.29 is 0 Å². The van der Waals surface area contributed by atoms with Crippen LogP contribution in [0.15, 0.2) is 0 Å². The second kappa shape index (κ2) is 1.80. The molecule has 1 aliphatic rings. The molecule has 0 unspecified atom stereocenters. The summed E-state index contributed by atoms with van der Waals surface area (Å²) < 4.78 is 0. The quantitative estimate of drug-likeness (QED) is 0.477. The van der Waals surface area contributed by atoms with Crippen LogP contribution in [-0.4, -0.2) is 18.1 Å². The van der Waals surface area contributed by atoms with Gasteiger partial charge in [-0.2, -0.15) is 0 Å². The van der Waals surface area contributed by atoms with Crippen molar-refractivity contribution in [2.24, 2.45) is 11.8 Å². The molecule has 7 heavy (non-hydrogen) atoms. The molecule has 0 spiro atoms. The van der Waals surface area contributed by atoms with Crippen LogP contribution in [-0.2, 0) is 0 Å². The van der Waals surface area contributed by atoms with Gasteiger partial charge in [-0.05, 0) is 5.92 Å². The molecule has 0 amide bonds. The van der Waals surface area contributed by atoms with Crippen molar-refractivity contribution in [3.8, 4) is 0 Å². The van der Waals surface area contributed by atoms with Crippen LogP contribution >= 0.6 is 0 Å². The largest absolute Gasteiger partial charge is 0.269 e. The Bertz CT molecular complexity index is 57.1. The summed E-state index contributed by atoms with van der Waals surface area (Å²) in [4.78, 5) is 0. The molecule has 0 aliphatic carbocycles. The molecule has 2 N–H and O–H groups in total. The van der Waals surface area contributed by atoms with Crippen LogP contribution in [0.1, 0.15) is 13.3 Å². The van der Waals surface area contributed by atoms with Crippen LogP contribution in [0.5, 0.6) is 0 Å². The standard InChI is InChI=1S/C5H12N2/c1-2-5-3-7(6)4-5/h5H,2-4,6H2,1H3. The van der Waals surface area contributed by atoms with Gasteiger partial charge in [0.2, 0.25) is 0 Å². The fraction of sp³-hybridized carbons (Fsp3) is 1.00. The van der Waals surface area contributed by atoms with E-state index in [1.54, 1.807) is 0 Å². The van der Waals surface area contributed by atoms with Gasteiger partial charge in [-0.15, -0.1) is 0 Å². The molecule has 2 nitrogen and oxygen atoms in total. The van der Waals surface area contributed by atoms with Gasteiger partial charge in [0.25, 0.3) is 0 Å². The van der Waals surface area contributed by atoms with Crippen molar-refractivity contribution in [1.29, 1.82) is 0 Å². The van der Waals surface area contributed by atoms with Gasteiger partial charge in [0.15, 0.2) is 0 Å². The molecule has 0 atom stereocenters. The molecule has 0 saturated carbocycles. The molecule has 1 rings (SSSR count).